The van der Waals surface area contributed by atoms with Gasteiger partial charge in [0, 0.05) is 41.6 Å². The third kappa shape index (κ3) is 5.39. The molecular weight excluding hydrogens is 724 g/mol. The van der Waals surface area contributed by atoms with Crippen LogP contribution in [0.1, 0.15) is 20.7 Å². The van der Waals surface area contributed by atoms with Gasteiger partial charge in [-0.2, -0.15) is 0 Å². The molecule has 0 atom stereocenters. The van der Waals surface area contributed by atoms with E-state index in [2.05, 4.69) is 31.9 Å². The second kappa shape index (κ2) is 12.5. The Morgan fingerprint density at radius 1 is 0.553 bits per heavy atom. The average Bonchev–Trinajstić information content (AvgIpc) is 3.69. The van der Waals surface area contributed by atoms with Gasteiger partial charge in [0.25, 0.3) is 0 Å². The molecule has 0 fully saturated rings. The number of methoxy groups -OCH3 is 1. The monoisotopic (exact) mass is 746 g/mol. The van der Waals surface area contributed by atoms with Crippen molar-refractivity contribution in [2.45, 2.75) is 0 Å². The van der Waals surface area contributed by atoms with Crippen molar-refractivity contribution in [3.05, 3.63) is 141 Å². The first-order valence-corrected chi connectivity index (χ1v) is 16.2. The number of esters is 1. The van der Waals surface area contributed by atoms with Gasteiger partial charge in [0.15, 0.2) is 0 Å². The van der Waals surface area contributed by atoms with Gasteiger partial charge in [-0.05, 0) is 59.7 Å². The fraction of sp³-hybridized carbons (Fsp3) is 0.0256. The first-order chi connectivity index (χ1) is 22.9. The summed E-state index contributed by atoms with van der Waals surface area (Å²) in [6, 6.07) is 37.8. The normalized spacial score (nSPS) is 11.1. The Kier molecular flexibility index (Phi) is 8.14. The Morgan fingerprint density at radius 2 is 0.979 bits per heavy atom. The van der Waals surface area contributed by atoms with Crippen molar-refractivity contribution >= 4 is 87.7 Å². The number of carboxylic acids is 1. The molecule has 0 aliphatic rings. The van der Waals surface area contributed by atoms with Crippen molar-refractivity contribution in [1.29, 1.82) is 0 Å². The third-order valence-corrected chi connectivity index (χ3v) is 9.34. The van der Waals surface area contributed by atoms with Crippen LogP contribution in [0.25, 0.3) is 66.1 Å². The number of para-hydroxylation sites is 2. The van der Waals surface area contributed by atoms with Crippen molar-refractivity contribution in [2.24, 2.45) is 0 Å². The van der Waals surface area contributed by atoms with Gasteiger partial charge in [0.05, 0.1) is 18.2 Å². The molecule has 0 radical (unpaired) electrons. The SMILES string of the molecule is COC(=O)c1ccccc1-c1ccc(Br)c2c1oc1ccccc12.O=C(O)c1ccccc1-c1ccc(Br)c2c1oc1ccccc12. The van der Waals surface area contributed by atoms with Crippen LogP contribution >= 0.6 is 31.9 Å². The molecule has 47 heavy (non-hydrogen) atoms. The molecule has 0 saturated heterocycles. The summed E-state index contributed by atoms with van der Waals surface area (Å²) in [5, 5.41) is 13.5. The summed E-state index contributed by atoms with van der Waals surface area (Å²) >= 11 is 7.19. The maximum Gasteiger partial charge on any atom is 0.338 e. The zero-order chi connectivity index (χ0) is 32.7. The van der Waals surface area contributed by atoms with Gasteiger partial charge in [-0.3, -0.25) is 0 Å². The fourth-order valence-electron chi connectivity index (χ4n) is 5.91. The molecule has 6 aromatic carbocycles. The maximum atomic E-state index is 12.1. The van der Waals surface area contributed by atoms with Crippen molar-refractivity contribution in [1.82, 2.24) is 0 Å². The first kappa shape index (κ1) is 30.5. The molecule has 0 amide bonds. The minimum absolute atomic E-state index is 0.261. The van der Waals surface area contributed by atoms with E-state index in [0.717, 1.165) is 63.9 Å². The van der Waals surface area contributed by atoms with E-state index in [1.54, 1.807) is 24.3 Å². The quantitative estimate of drug-likeness (QED) is 0.180. The van der Waals surface area contributed by atoms with Crippen LogP contribution in [0.5, 0.6) is 0 Å². The highest BCUT2D eigenvalue weighted by molar-refractivity contribution is 9.11. The average molecular weight is 748 g/mol. The number of halogens is 2. The van der Waals surface area contributed by atoms with Crippen molar-refractivity contribution in [2.75, 3.05) is 7.11 Å². The minimum atomic E-state index is -0.951. The maximum absolute atomic E-state index is 12.1. The zero-order valence-electron chi connectivity index (χ0n) is 24.8. The molecule has 0 bridgehead atoms. The summed E-state index contributed by atoms with van der Waals surface area (Å²) in [6.45, 7) is 0. The Hall–Kier alpha value is -5.18. The van der Waals surface area contributed by atoms with Crippen LogP contribution in [0.2, 0.25) is 0 Å². The summed E-state index contributed by atoms with van der Waals surface area (Å²) in [6.07, 6.45) is 0. The topological polar surface area (TPSA) is 89.9 Å². The number of carbonyl (C=O) groups is 2. The van der Waals surface area contributed by atoms with E-state index < -0.39 is 5.97 Å². The second-order valence-electron chi connectivity index (χ2n) is 10.7. The lowest BCUT2D eigenvalue weighted by atomic mass is 9.97. The molecule has 6 nitrogen and oxygen atoms in total. The molecule has 1 N–H and O–H groups in total. The second-order valence-corrected chi connectivity index (χ2v) is 12.4. The van der Waals surface area contributed by atoms with Crippen molar-refractivity contribution < 1.29 is 28.3 Å². The lowest BCUT2D eigenvalue weighted by Gasteiger charge is -2.09. The van der Waals surface area contributed by atoms with E-state index in [1.165, 1.54) is 7.11 Å². The highest BCUT2D eigenvalue weighted by Gasteiger charge is 2.20. The molecule has 2 heterocycles. The number of hydrogen-bond donors (Lipinski definition) is 1. The lowest BCUT2D eigenvalue weighted by Crippen LogP contribution is -2.03. The molecule has 0 saturated carbocycles. The molecule has 8 aromatic rings. The number of carboxylic acid groups (broad SMARTS) is 1. The zero-order valence-corrected chi connectivity index (χ0v) is 28.0. The van der Waals surface area contributed by atoms with Gasteiger partial charge in [0.2, 0.25) is 0 Å². The van der Waals surface area contributed by atoms with E-state index in [0.29, 0.717) is 16.7 Å². The number of carbonyl (C=O) groups excluding carboxylic acids is 1. The fourth-order valence-corrected chi connectivity index (χ4v) is 6.96. The predicted molar refractivity (Wildman–Crippen MR) is 192 cm³/mol. The van der Waals surface area contributed by atoms with Gasteiger partial charge in [0.1, 0.15) is 22.3 Å². The lowest BCUT2D eigenvalue weighted by molar-refractivity contribution is 0.0600. The molecule has 2 aromatic heterocycles. The molecule has 8 heteroatoms. The van der Waals surface area contributed by atoms with E-state index in [9.17, 15) is 14.7 Å². The van der Waals surface area contributed by atoms with E-state index in [4.69, 9.17) is 13.6 Å². The smallest absolute Gasteiger partial charge is 0.338 e. The van der Waals surface area contributed by atoms with Crippen LogP contribution in [0, 0.1) is 0 Å². The number of furan rings is 2. The van der Waals surface area contributed by atoms with Crippen LogP contribution in [0.4, 0.5) is 0 Å². The van der Waals surface area contributed by atoms with Crippen LogP contribution in [0.15, 0.2) is 139 Å². The molecule has 0 unspecified atom stereocenters. The van der Waals surface area contributed by atoms with Gasteiger partial charge >= 0.3 is 11.9 Å². The highest BCUT2D eigenvalue weighted by atomic mass is 79.9. The number of rotatable bonds is 4. The van der Waals surface area contributed by atoms with Crippen molar-refractivity contribution in [3.63, 3.8) is 0 Å². The third-order valence-electron chi connectivity index (χ3n) is 8.02. The summed E-state index contributed by atoms with van der Waals surface area (Å²) in [5.74, 6) is -1.31. The summed E-state index contributed by atoms with van der Waals surface area (Å²) < 4.78 is 18.9. The van der Waals surface area contributed by atoms with Crippen LogP contribution < -0.4 is 0 Å². The van der Waals surface area contributed by atoms with E-state index in [1.807, 2.05) is 97.1 Å². The molecule has 230 valence electrons. The molecule has 8 rings (SSSR count). The number of fused-ring (bicyclic) bond motifs is 6. The summed E-state index contributed by atoms with van der Waals surface area (Å²) in [7, 11) is 1.39. The van der Waals surface area contributed by atoms with Gasteiger partial charge in [-0.15, -0.1) is 0 Å². The highest BCUT2D eigenvalue weighted by Crippen LogP contribution is 2.42. The van der Waals surface area contributed by atoms with Gasteiger partial charge in [-0.25, -0.2) is 9.59 Å². The number of benzene rings is 6. The van der Waals surface area contributed by atoms with Crippen LogP contribution in [-0.2, 0) is 4.74 Å². The Balaban J connectivity index is 0.000000150. The number of aromatic carboxylic acids is 1. The largest absolute Gasteiger partial charge is 0.478 e. The predicted octanol–water partition coefficient (Wildman–Crippen LogP) is 11.5. The standard InChI is InChI=1S/C20H13BrO3.C19H11BrO3/c1-23-20(22)14-7-3-2-6-12(14)13-10-11-16(21)18-15-8-4-5-9-17(15)24-19(13)18;20-15-10-9-12(11-5-1-2-6-13(11)19(21)22)18-17(15)14-7-3-4-8-16(14)23-18/h2-11H,1H3;1-10H,(H,21,22). The summed E-state index contributed by atoms with van der Waals surface area (Å²) in [5.41, 5.74) is 6.90. The first-order valence-electron chi connectivity index (χ1n) is 14.6. The molecule has 0 aliphatic heterocycles. The summed E-state index contributed by atoms with van der Waals surface area (Å²) in [4.78, 5) is 23.7. The molecule has 0 aliphatic carbocycles. The van der Waals surface area contributed by atoms with E-state index in [-0.39, 0.29) is 11.5 Å². The Bertz CT molecular complexity index is 2490. The van der Waals surface area contributed by atoms with Gasteiger partial charge < -0.3 is 18.7 Å². The number of ether oxygens (including phenoxy) is 1. The van der Waals surface area contributed by atoms with E-state index >= 15 is 0 Å². The van der Waals surface area contributed by atoms with Gasteiger partial charge in [-0.1, -0.05) is 105 Å². The Morgan fingerprint density at radius 3 is 1.47 bits per heavy atom. The molecule has 0 spiro atoms. The van der Waals surface area contributed by atoms with Crippen LogP contribution in [0.3, 0.4) is 0 Å². The minimum Gasteiger partial charge on any atom is -0.478 e. The Labute approximate surface area is 285 Å². The molecular formula is C39H24Br2O6. The van der Waals surface area contributed by atoms with Crippen molar-refractivity contribution in [3.8, 4) is 22.3 Å². The number of hydrogen-bond acceptors (Lipinski definition) is 5. The van der Waals surface area contributed by atoms with Crippen LogP contribution in [-0.4, -0.2) is 24.2 Å².